The van der Waals surface area contributed by atoms with Crippen molar-refractivity contribution in [2.75, 3.05) is 27.9 Å². The van der Waals surface area contributed by atoms with E-state index in [0.29, 0.717) is 23.9 Å². The van der Waals surface area contributed by atoms with E-state index < -0.39 is 0 Å². The molecule has 20 heavy (non-hydrogen) atoms. The summed E-state index contributed by atoms with van der Waals surface area (Å²) in [5, 5.41) is 8.73. The molecule has 0 aliphatic rings. The lowest BCUT2D eigenvalue weighted by atomic mass is 10.0. The SMILES string of the molecule is COc1cc(CCCCCCCO)cc(OC)c1OC. The minimum absolute atomic E-state index is 0.298. The Labute approximate surface area is 121 Å². The van der Waals surface area contributed by atoms with Gasteiger partial charge < -0.3 is 19.3 Å². The van der Waals surface area contributed by atoms with Gasteiger partial charge >= 0.3 is 0 Å². The fraction of sp³-hybridized carbons (Fsp3) is 0.625. The number of hydrogen-bond donors (Lipinski definition) is 1. The van der Waals surface area contributed by atoms with Crippen molar-refractivity contribution in [3.63, 3.8) is 0 Å². The fourth-order valence-corrected chi connectivity index (χ4v) is 2.25. The quantitative estimate of drug-likeness (QED) is 0.669. The molecule has 0 spiro atoms. The fourth-order valence-electron chi connectivity index (χ4n) is 2.25. The molecule has 0 radical (unpaired) electrons. The summed E-state index contributed by atoms with van der Waals surface area (Å²) in [4.78, 5) is 0. The maximum atomic E-state index is 8.73. The van der Waals surface area contributed by atoms with Crippen molar-refractivity contribution < 1.29 is 19.3 Å². The minimum atomic E-state index is 0.298. The first-order chi connectivity index (χ1) is 9.76. The molecule has 0 aromatic heterocycles. The third-order valence-electron chi connectivity index (χ3n) is 3.35. The van der Waals surface area contributed by atoms with Crippen LogP contribution >= 0.6 is 0 Å². The number of unbranched alkanes of at least 4 members (excludes halogenated alkanes) is 4. The van der Waals surface area contributed by atoms with Crippen LogP contribution < -0.4 is 14.2 Å². The summed E-state index contributed by atoms with van der Waals surface area (Å²) in [5.74, 6) is 2.06. The Morgan fingerprint density at radius 1 is 0.800 bits per heavy atom. The van der Waals surface area contributed by atoms with Gasteiger partial charge in [0, 0.05) is 6.61 Å². The molecule has 0 fully saturated rings. The first kappa shape index (κ1) is 16.6. The van der Waals surface area contributed by atoms with E-state index in [1.165, 1.54) is 18.4 Å². The van der Waals surface area contributed by atoms with Crippen LogP contribution in [-0.4, -0.2) is 33.0 Å². The van der Waals surface area contributed by atoms with Gasteiger partial charge in [0.05, 0.1) is 21.3 Å². The van der Waals surface area contributed by atoms with Gasteiger partial charge in [0.15, 0.2) is 11.5 Å². The van der Waals surface area contributed by atoms with Gasteiger partial charge in [0.2, 0.25) is 5.75 Å². The van der Waals surface area contributed by atoms with Crippen LogP contribution in [-0.2, 0) is 6.42 Å². The van der Waals surface area contributed by atoms with Gasteiger partial charge in [-0.25, -0.2) is 0 Å². The van der Waals surface area contributed by atoms with Crippen molar-refractivity contribution in [2.24, 2.45) is 0 Å². The third-order valence-corrected chi connectivity index (χ3v) is 3.35. The summed E-state index contributed by atoms with van der Waals surface area (Å²) < 4.78 is 16.0. The Morgan fingerprint density at radius 2 is 1.35 bits per heavy atom. The maximum absolute atomic E-state index is 8.73. The van der Waals surface area contributed by atoms with Crippen molar-refractivity contribution in [3.8, 4) is 17.2 Å². The van der Waals surface area contributed by atoms with Gasteiger partial charge in [0.25, 0.3) is 0 Å². The molecule has 4 nitrogen and oxygen atoms in total. The van der Waals surface area contributed by atoms with Crippen LogP contribution in [0.4, 0.5) is 0 Å². The smallest absolute Gasteiger partial charge is 0.203 e. The lowest BCUT2D eigenvalue weighted by molar-refractivity contribution is 0.282. The van der Waals surface area contributed by atoms with E-state index in [-0.39, 0.29) is 0 Å². The van der Waals surface area contributed by atoms with Crippen molar-refractivity contribution in [2.45, 2.75) is 38.5 Å². The molecule has 0 aliphatic heterocycles. The maximum Gasteiger partial charge on any atom is 0.203 e. The van der Waals surface area contributed by atoms with Crippen LogP contribution in [0.15, 0.2) is 12.1 Å². The van der Waals surface area contributed by atoms with Gasteiger partial charge in [0.1, 0.15) is 0 Å². The molecule has 0 bridgehead atoms. The summed E-state index contributed by atoms with van der Waals surface area (Å²) in [7, 11) is 4.88. The van der Waals surface area contributed by atoms with E-state index in [9.17, 15) is 0 Å². The number of benzene rings is 1. The molecule has 4 heteroatoms. The zero-order valence-electron chi connectivity index (χ0n) is 12.8. The van der Waals surface area contributed by atoms with E-state index in [4.69, 9.17) is 19.3 Å². The summed E-state index contributed by atoms with van der Waals surface area (Å²) in [6.07, 6.45) is 6.48. The average molecular weight is 282 g/mol. The number of aliphatic hydroxyl groups is 1. The molecule has 1 aromatic carbocycles. The highest BCUT2D eigenvalue weighted by Crippen LogP contribution is 2.38. The molecule has 0 atom stereocenters. The Balaban J connectivity index is 2.57. The molecule has 1 aromatic rings. The normalized spacial score (nSPS) is 10.4. The minimum Gasteiger partial charge on any atom is -0.493 e. The summed E-state index contributed by atoms with van der Waals surface area (Å²) in [6.45, 7) is 0.298. The Morgan fingerprint density at radius 3 is 1.85 bits per heavy atom. The highest BCUT2D eigenvalue weighted by molar-refractivity contribution is 5.53. The first-order valence-electron chi connectivity index (χ1n) is 7.16. The van der Waals surface area contributed by atoms with Gasteiger partial charge in [-0.3, -0.25) is 0 Å². The van der Waals surface area contributed by atoms with Gasteiger partial charge in [-0.05, 0) is 37.0 Å². The van der Waals surface area contributed by atoms with Crippen LogP contribution in [0.25, 0.3) is 0 Å². The van der Waals surface area contributed by atoms with Gasteiger partial charge in [-0.1, -0.05) is 19.3 Å². The van der Waals surface area contributed by atoms with Crippen molar-refractivity contribution in [1.82, 2.24) is 0 Å². The highest BCUT2D eigenvalue weighted by Gasteiger charge is 2.12. The molecule has 0 saturated carbocycles. The predicted octanol–water partition coefficient (Wildman–Crippen LogP) is 3.20. The predicted molar refractivity (Wildman–Crippen MR) is 80.0 cm³/mol. The molecule has 0 aliphatic carbocycles. The molecule has 0 heterocycles. The molecule has 1 N–H and O–H groups in total. The molecule has 0 saturated heterocycles. The Bertz CT molecular complexity index is 365. The number of ether oxygens (including phenoxy) is 3. The van der Waals surface area contributed by atoms with Crippen LogP contribution in [0.5, 0.6) is 17.2 Å². The number of hydrogen-bond acceptors (Lipinski definition) is 4. The number of rotatable bonds is 10. The average Bonchev–Trinajstić information content (AvgIpc) is 2.49. The zero-order valence-corrected chi connectivity index (χ0v) is 12.8. The number of methoxy groups -OCH3 is 3. The third kappa shape index (κ3) is 4.93. The molecule has 1 rings (SSSR count). The van der Waals surface area contributed by atoms with Gasteiger partial charge in [-0.15, -0.1) is 0 Å². The van der Waals surface area contributed by atoms with Crippen molar-refractivity contribution in [3.05, 3.63) is 17.7 Å². The first-order valence-corrected chi connectivity index (χ1v) is 7.16. The van der Waals surface area contributed by atoms with Crippen LogP contribution in [0, 0.1) is 0 Å². The van der Waals surface area contributed by atoms with Crippen molar-refractivity contribution >= 4 is 0 Å². The van der Waals surface area contributed by atoms with E-state index in [0.717, 1.165) is 25.7 Å². The second kappa shape index (κ2) is 9.48. The van der Waals surface area contributed by atoms with Gasteiger partial charge in [-0.2, -0.15) is 0 Å². The van der Waals surface area contributed by atoms with E-state index in [1.54, 1.807) is 21.3 Å². The standard InChI is InChI=1S/C16H26O4/c1-18-14-11-13(9-7-5-4-6-8-10-17)12-15(19-2)16(14)20-3/h11-12,17H,4-10H2,1-3H3. The molecule has 0 unspecified atom stereocenters. The second-order valence-corrected chi connectivity index (χ2v) is 4.77. The summed E-state index contributed by atoms with van der Waals surface area (Å²) >= 11 is 0. The number of aryl methyl sites for hydroxylation is 1. The van der Waals surface area contributed by atoms with Crippen LogP contribution in [0.1, 0.15) is 37.7 Å². The van der Waals surface area contributed by atoms with E-state index >= 15 is 0 Å². The largest absolute Gasteiger partial charge is 0.493 e. The summed E-state index contributed by atoms with van der Waals surface area (Å²) in [6, 6.07) is 4.02. The molecular weight excluding hydrogens is 256 g/mol. The highest BCUT2D eigenvalue weighted by atomic mass is 16.5. The van der Waals surface area contributed by atoms with E-state index in [1.807, 2.05) is 12.1 Å². The lowest BCUT2D eigenvalue weighted by Gasteiger charge is -2.14. The van der Waals surface area contributed by atoms with Crippen molar-refractivity contribution in [1.29, 1.82) is 0 Å². The summed E-state index contributed by atoms with van der Waals surface area (Å²) in [5.41, 5.74) is 1.20. The van der Waals surface area contributed by atoms with E-state index in [2.05, 4.69) is 0 Å². The van der Waals surface area contributed by atoms with Crippen LogP contribution in [0.3, 0.4) is 0 Å². The topological polar surface area (TPSA) is 47.9 Å². The lowest BCUT2D eigenvalue weighted by Crippen LogP contribution is -1.97. The van der Waals surface area contributed by atoms with Crippen LogP contribution in [0.2, 0.25) is 0 Å². The Kier molecular flexibility index (Phi) is 7.88. The zero-order chi connectivity index (χ0) is 14.8. The number of aliphatic hydroxyl groups excluding tert-OH is 1. The second-order valence-electron chi connectivity index (χ2n) is 4.77. The molecular formula is C16H26O4. The molecule has 114 valence electrons. The Hall–Kier alpha value is -1.42. The molecule has 0 amide bonds. The monoisotopic (exact) mass is 282 g/mol.